The predicted molar refractivity (Wildman–Crippen MR) is 133 cm³/mol. The Morgan fingerprint density at radius 3 is 2.31 bits per heavy atom. The topological polar surface area (TPSA) is 104 Å². The van der Waals surface area contributed by atoms with Gasteiger partial charge >= 0.3 is 212 Å². The number of nitriles is 2. The van der Waals surface area contributed by atoms with E-state index < -0.39 is 0 Å². The Morgan fingerprint density at radius 1 is 1.00 bits per heavy atom. The molecule has 1 saturated heterocycles. The third-order valence-electron chi connectivity index (χ3n) is 6.33. The first-order valence-corrected chi connectivity index (χ1v) is 12.5. The molecule has 2 aromatic heterocycles. The first kappa shape index (κ1) is 22.9. The van der Waals surface area contributed by atoms with Crippen molar-refractivity contribution in [2.45, 2.75) is 30.6 Å². The van der Waals surface area contributed by atoms with E-state index in [-0.39, 0.29) is 17.6 Å². The number of piperidine rings is 1. The van der Waals surface area contributed by atoms with Crippen LogP contribution in [0, 0.1) is 22.7 Å². The molecule has 3 heterocycles. The van der Waals surface area contributed by atoms with E-state index in [1.54, 1.807) is 23.0 Å². The van der Waals surface area contributed by atoms with Crippen LogP contribution in [0.3, 0.4) is 0 Å². The molecule has 1 fully saturated rings. The van der Waals surface area contributed by atoms with Gasteiger partial charge in [-0.1, -0.05) is 0 Å². The van der Waals surface area contributed by atoms with Crippen molar-refractivity contribution in [3.63, 3.8) is 0 Å². The molecular weight excluding hydrogens is 501 g/mol. The number of rotatable bonds is 5. The van der Waals surface area contributed by atoms with E-state index in [0.29, 0.717) is 34.0 Å². The van der Waals surface area contributed by atoms with Crippen LogP contribution >= 0.6 is 0 Å². The fourth-order valence-electron chi connectivity index (χ4n) is 4.54. The van der Waals surface area contributed by atoms with Gasteiger partial charge in [0.05, 0.1) is 0 Å². The molecule has 0 N–H and O–H groups in total. The van der Waals surface area contributed by atoms with Crippen LogP contribution in [0.1, 0.15) is 35.1 Å². The van der Waals surface area contributed by atoms with Crippen molar-refractivity contribution in [1.82, 2.24) is 19.1 Å². The molecule has 8 nitrogen and oxygen atoms in total. The van der Waals surface area contributed by atoms with E-state index in [1.807, 2.05) is 41.0 Å². The number of hydrogen-bond acceptors (Lipinski definition) is 6. The molecule has 0 aliphatic carbocycles. The summed E-state index contributed by atoms with van der Waals surface area (Å²) in [6.45, 7) is 2.21. The van der Waals surface area contributed by atoms with Crippen molar-refractivity contribution < 1.29 is 0 Å². The van der Waals surface area contributed by atoms with E-state index in [1.165, 1.54) is 0 Å². The summed E-state index contributed by atoms with van der Waals surface area (Å²) >= 11 is 2.72. The summed E-state index contributed by atoms with van der Waals surface area (Å²) in [5, 5.41) is 19.1. The first-order chi connectivity index (χ1) is 17.1. The first-order valence-electron chi connectivity index (χ1n) is 11.4. The van der Waals surface area contributed by atoms with E-state index >= 15 is 0 Å². The van der Waals surface area contributed by atoms with Gasteiger partial charge in [0.1, 0.15) is 0 Å². The Labute approximate surface area is 211 Å². The van der Waals surface area contributed by atoms with Crippen molar-refractivity contribution >= 4 is 34.0 Å². The summed E-state index contributed by atoms with van der Waals surface area (Å²) in [6, 6.07) is 19.2. The minimum absolute atomic E-state index is 0.238. The number of fused-ring (bicyclic) bond motifs is 1. The van der Waals surface area contributed by atoms with Crippen molar-refractivity contribution in [3.8, 4) is 12.1 Å². The monoisotopic (exact) mass is 523 g/mol. The number of nitrogens with zero attached hydrogens (tertiary/aromatic N) is 7. The number of benzene rings is 2. The molecule has 1 aliphatic heterocycles. The Hall–Kier alpha value is -3.87. The molecule has 4 aromatic rings. The molecule has 0 saturated carbocycles. The quantitative estimate of drug-likeness (QED) is 0.373. The van der Waals surface area contributed by atoms with Crippen LogP contribution in [-0.4, -0.2) is 49.0 Å². The minimum atomic E-state index is -0.238. The molecule has 9 heteroatoms. The third-order valence-corrected chi connectivity index (χ3v) is 7.21. The molecule has 1 atom stereocenters. The van der Waals surface area contributed by atoms with Gasteiger partial charge in [-0.2, -0.15) is 0 Å². The molecule has 2 aromatic carbocycles. The van der Waals surface area contributed by atoms with Gasteiger partial charge in [0.15, 0.2) is 0 Å². The van der Waals surface area contributed by atoms with Crippen LogP contribution in [-0.2, 0) is 13.1 Å². The Kier molecular flexibility index (Phi) is 6.40. The van der Waals surface area contributed by atoms with E-state index in [0.717, 1.165) is 37.1 Å². The number of imidazole rings is 1. The van der Waals surface area contributed by atoms with Gasteiger partial charge in [-0.25, -0.2) is 0 Å². The molecule has 35 heavy (non-hydrogen) atoms. The maximum atomic E-state index is 13.7. The molecule has 172 valence electrons. The van der Waals surface area contributed by atoms with Crippen LogP contribution < -0.4 is 10.5 Å². The summed E-state index contributed by atoms with van der Waals surface area (Å²) in [5.41, 5.74) is 3.26. The second-order valence-corrected chi connectivity index (χ2v) is 10.2. The van der Waals surface area contributed by atoms with Crippen molar-refractivity contribution in [2.24, 2.45) is 0 Å². The Morgan fingerprint density at radius 2 is 1.66 bits per heavy atom. The second-order valence-electron chi connectivity index (χ2n) is 8.63. The average Bonchev–Trinajstić information content (AvgIpc) is 3.29. The third kappa shape index (κ3) is 4.46. The van der Waals surface area contributed by atoms with Gasteiger partial charge in [-0.05, 0) is 0 Å². The second kappa shape index (κ2) is 9.78. The van der Waals surface area contributed by atoms with Crippen LogP contribution in [0.25, 0.3) is 11.2 Å². The zero-order valence-corrected chi connectivity index (χ0v) is 20.9. The van der Waals surface area contributed by atoms with Gasteiger partial charge in [-0.15, -0.1) is 0 Å². The molecule has 0 spiro atoms. The van der Waals surface area contributed by atoms with Gasteiger partial charge < -0.3 is 0 Å². The predicted octanol–water partition coefficient (Wildman–Crippen LogP) is 2.99. The van der Waals surface area contributed by atoms with Crippen molar-refractivity contribution in [3.05, 3.63) is 87.5 Å². The molecule has 1 unspecified atom stereocenters. The fourth-order valence-corrected chi connectivity index (χ4v) is 5.34. The van der Waals surface area contributed by atoms with Crippen LogP contribution in [0.2, 0.25) is 4.71 Å². The van der Waals surface area contributed by atoms with Gasteiger partial charge in [0.25, 0.3) is 0 Å². The standard InChI is InChI=1S/C26H22AsN7O/c27-22-10-5-11-32(16-22)26-31-24-23(25(35)34(26)15-21-9-4-2-7-19(21)13-29)30-17-33(24)14-20-8-3-1-6-18(20)12-28/h1-4,6-9,17,22H,5,10-11,14-16H2. The van der Waals surface area contributed by atoms with Crippen molar-refractivity contribution in [1.29, 1.82) is 10.5 Å². The molecular formula is C26H22AsN7O. The van der Waals surface area contributed by atoms with E-state index in [9.17, 15) is 15.3 Å². The molecule has 5 rings (SSSR count). The zero-order valence-electron chi connectivity index (χ0n) is 19.0. The molecule has 0 bridgehead atoms. The van der Waals surface area contributed by atoms with Crippen LogP contribution in [0.15, 0.2) is 59.7 Å². The van der Waals surface area contributed by atoms with E-state index in [2.05, 4.69) is 38.9 Å². The number of anilines is 1. The summed E-state index contributed by atoms with van der Waals surface area (Å²) in [5.74, 6) is 0.585. The molecule has 2 radical (unpaired) electrons. The number of aromatic nitrogens is 4. The van der Waals surface area contributed by atoms with Crippen molar-refractivity contribution in [2.75, 3.05) is 18.0 Å². The number of hydrogen-bond donors (Lipinski definition) is 0. The zero-order chi connectivity index (χ0) is 24.4. The van der Waals surface area contributed by atoms with Gasteiger partial charge in [0.2, 0.25) is 0 Å². The average molecular weight is 523 g/mol. The Balaban J connectivity index is 1.65. The van der Waals surface area contributed by atoms with E-state index in [4.69, 9.17) is 4.98 Å². The maximum absolute atomic E-state index is 13.7. The molecule has 0 amide bonds. The van der Waals surface area contributed by atoms with Gasteiger partial charge in [0, 0.05) is 0 Å². The Bertz CT molecular complexity index is 1540. The summed E-state index contributed by atoms with van der Waals surface area (Å²) in [4.78, 5) is 25.3. The summed E-state index contributed by atoms with van der Waals surface area (Å²) in [6.07, 6.45) is 3.74. The summed E-state index contributed by atoms with van der Waals surface area (Å²) < 4.78 is 3.90. The fraction of sp³-hybridized carbons (Fsp3) is 0.269. The van der Waals surface area contributed by atoms with Gasteiger partial charge in [-0.3, -0.25) is 0 Å². The van der Waals surface area contributed by atoms with Crippen LogP contribution in [0.5, 0.6) is 0 Å². The molecule has 1 aliphatic rings. The normalized spacial score (nSPS) is 15.6. The SMILES string of the molecule is N#Cc1ccccc1Cn1c(N2CCCC([As])C2)nc2c(ncn2Cc2ccccc2C#N)c1=O. The summed E-state index contributed by atoms with van der Waals surface area (Å²) in [7, 11) is 0. The van der Waals surface area contributed by atoms with Crippen LogP contribution in [0.4, 0.5) is 5.95 Å².